The molecule has 1 heterocycles. The number of benzene rings is 1. The van der Waals surface area contributed by atoms with Crippen LogP contribution in [0.5, 0.6) is 0 Å². The highest BCUT2D eigenvalue weighted by Crippen LogP contribution is 2.42. The molecule has 2 rings (SSSR count). The Hall–Kier alpha value is -1.06. The minimum atomic E-state index is -0.296. The zero-order valence-electron chi connectivity index (χ0n) is 10.7. The summed E-state index contributed by atoms with van der Waals surface area (Å²) in [5.74, 6) is -0.974. The Morgan fingerprint density at radius 3 is 2.32 bits per heavy atom. The lowest BCUT2D eigenvalue weighted by Gasteiger charge is -2.33. The van der Waals surface area contributed by atoms with Gasteiger partial charge in [0.2, 0.25) is 11.8 Å². The Balaban J connectivity index is 2.50. The number of rotatable bonds is 2. The van der Waals surface area contributed by atoms with Gasteiger partial charge in [-0.15, -0.1) is 0 Å². The number of nitrogens with one attached hydrogen (secondary N) is 1. The maximum atomic E-state index is 12.0. The van der Waals surface area contributed by atoms with Crippen LogP contribution in [0.15, 0.2) is 18.2 Å². The Bertz CT molecular complexity index is 508. The predicted molar refractivity (Wildman–Crippen MR) is 75.3 cm³/mol. The van der Waals surface area contributed by atoms with Crippen molar-refractivity contribution in [3.05, 3.63) is 33.8 Å². The molecule has 1 aliphatic rings. The van der Waals surface area contributed by atoms with E-state index in [4.69, 9.17) is 23.2 Å². The Morgan fingerprint density at radius 2 is 1.79 bits per heavy atom. The minimum Gasteiger partial charge on any atom is -0.296 e. The van der Waals surface area contributed by atoms with Crippen LogP contribution in [-0.2, 0) is 9.59 Å². The molecule has 1 saturated heterocycles. The number of amides is 2. The summed E-state index contributed by atoms with van der Waals surface area (Å²) in [7, 11) is 0. The van der Waals surface area contributed by atoms with Gasteiger partial charge in [0.15, 0.2) is 0 Å². The molecule has 1 aliphatic heterocycles. The van der Waals surface area contributed by atoms with E-state index < -0.39 is 0 Å². The minimum absolute atomic E-state index is 0.102. The molecule has 3 nitrogen and oxygen atoms in total. The summed E-state index contributed by atoms with van der Waals surface area (Å²) in [6, 6.07) is 5.22. The van der Waals surface area contributed by atoms with E-state index in [0.29, 0.717) is 15.6 Å². The third-order valence-electron chi connectivity index (χ3n) is 3.49. The van der Waals surface area contributed by atoms with Gasteiger partial charge in [-0.2, -0.15) is 0 Å². The number of hydrogen-bond acceptors (Lipinski definition) is 2. The standard InChI is InChI=1S/C14H15Cl2NO2/c1-7(2)12-8(6-11(18)17-14(12)19)13-9(15)4-3-5-10(13)16/h3-5,7-8,12H,6H2,1-2H3,(H,17,18,19). The maximum Gasteiger partial charge on any atom is 0.230 e. The van der Waals surface area contributed by atoms with E-state index in [1.807, 2.05) is 13.8 Å². The van der Waals surface area contributed by atoms with Gasteiger partial charge < -0.3 is 0 Å². The molecule has 1 N–H and O–H groups in total. The molecule has 1 aromatic carbocycles. The van der Waals surface area contributed by atoms with Gasteiger partial charge in [-0.1, -0.05) is 43.1 Å². The van der Waals surface area contributed by atoms with Crippen LogP contribution in [0.4, 0.5) is 0 Å². The first kappa shape index (κ1) is 14.4. The highest BCUT2D eigenvalue weighted by molar-refractivity contribution is 6.36. The van der Waals surface area contributed by atoms with E-state index in [1.54, 1.807) is 18.2 Å². The second-order valence-electron chi connectivity index (χ2n) is 5.13. The molecule has 0 spiro atoms. The Labute approximate surface area is 122 Å². The van der Waals surface area contributed by atoms with E-state index in [2.05, 4.69) is 5.32 Å². The summed E-state index contributed by atoms with van der Waals surface area (Å²) in [5.41, 5.74) is 0.702. The van der Waals surface area contributed by atoms with Crippen molar-refractivity contribution in [3.63, 3.8) is 0 Å². The monoisotopic (exact) mass is 299 g/mol. The normalized spacial score (nSPS) is 23.6. The fourth-order valence-electron chi connectivity index (χ4n) is 2.70. The molecule has 5 heteroatoms. The molecule has 0 aliphatic carbocycles. The van der Waals surface area contributed by atoms with Crippen LogP contribution in [0, 0.1) is 11.8 Å². The van der Waals surface area contributed by atoms with Gasteiger partial charge >= 0.3 is 0 Å². The Morgan fingerprint density at radius 1 is 1.21 bits per heavy atom. The molecular formula is C14H15Cl2NO2. The van der Waals surface area contributed by atoms with Crippen LogP contribution in [-0.4, -0.2) is 11.8 Å². The third kappa shape index (κ3) is 2.77. The van der Waals surface area contributed by atoms with Crippen molar-refractivity contribution in [2.45, 2.75) is 26.2 Å². The van der Waals surface area contributed by atoms with Crippen molar-refractivity contribution in [2.75, 3.05) is 0 Å². The van der Waals surface area contributed by atoms with Gasteiger partial charge in [-0.3, -0.25) is 14.9 Å². The van der Waals surface area contributed by atoms with Crippen molar-refractivity contribution >= 4 is 35.0 Å². The fourth-order valence-corrected chi connectivity index (χ4v) is 3.37. The van der Waals surface area contributed by atoms with Crippen molar-refractivity contribution in [1.82, 2.24) is 5.32 Å². The largest absolute Gasteiger partial charge is 0.296 e. The molecule has 2 unspecified atom stereocenters. The summed E-state index contributed by atoms with van der Waals surface area (Å²) in [4.78, 5) is 23.7. The summed E-state index contributed by atoms with van der Waals surface area (Å²) in [6.45, 7) is 3.91. The number of carbonyl (C=O) groups is 2. The van der Waals surface area contributed by atoms with E-state index in [1.165, 1.54) is 0 Å². The van der Waals surface area contributed by atoms with Gasteiger partial charge in [0.05, 0.1) is 0 Å². The van der Waals surface area contributed by atoms with Crippen molar-refractivity contribution < 1.29 is 9.59 Å². The lowest BCUT2D eigenvalue weighted by Crippen LogP contribution is -2.46. The van der Waals surface area contributed by atoms with E-state index in [0.717, 1.165) is 0 Å². The molecule has 2 amide bonds. The molecule has 0 aromatic heterocycles. The van der Waals surface area contributed by atoms with Crippen LogP contribution < -0.4 is 5.32 Å². The van der Waals surface area contributed by atoms with Gasteiger partial charge in [0.1, 0.15) is 0 Å². The molecule has 0 saturated carbocycles. The van der Waals surface area contributed by atoms with Crippen LogP contribution in [0.3, 0.4) is 0 Å². The highest BCUT2D eigenvalue weighted by atomic mass is 35.5. The van der Waals surface area contributed by atoms with Crippen LogP contribution in [0.25, 0.3) is 0 Å². The number of carbonyl (C=O) groups excluding carboxylic acids is 2. The number of hydrogen-bond donors (Lipinski definition) is 1. The first-order valence-corrected chi connectivity index (χ1v) is 6.95. The predicted octanol–water partition coefficient (Wildman–Crippen LogP) is 3.40. The first-order valence-electron chi connectivity index (χ1n) is 6.19. The smallest absolute Gasteiger partial charge is 0.230 e. The molecule has 19 heavy (non-hydrogen) atoms. The summed E-state index contributed by atoms with van der Waals surface area (Å²) in [5, 5.41) is 3.40. The maximum absolute atomic E-state index is 12.0. The summed E-state index contributed by atoms with van der Waals surface area (Å²) < 4.78 is 0. The average Bonchev–Trinajstić information content (AvgIpc) is 2.26. The van der Waals surface area contributed by atoms with Crippen LogP contribution >= 0.6 is 23.2 Å². The SMILES string of the molecule is CC(C)C1C(=O)NC(=O)CC1c1c(Cl)cccc1Cl. The second kappa shape index (κ2) is 5.51. The first-order chi connectivity index (χ1) is 8.91. The zero-order chi connectivity index (χ0) is 14.2. The molecule has 1 aromatic rings. The molecule has 0 radical (unpaired) electrons. The van der Waals surface area contributed by atoms with E-state index in [9.17, 15) is 9.59 Å². The number of piperidine rings is 1. The third-order valence-corrected chi connectivity index (χ3v) is 4.15. The van der Waals surface area contributed by atoms with Gasteiger partial charge in [0, 0.05) is 28.3 Å². The number of imide groups is 1. The van der Waals surface area contributed by atoms with Crippen molar-refractivity contribution in [1.29, 1.82) is 0 Å². The van der Waals surface area contributed by atoms with Crippen LogP contribution in [0.1, 0.15) is 31.7 Å². The highest BCUT2D eigenvalue weighted by Gasteiger charge is 2.40. The van der Waals surface area contributed by atoms with Gasteiger partial charge in [-0.05, 0) is 23.6 Å². The summed E-state index contributed by atoms with van der Waals surface area (Å²) >= 11 is 12.4. The molecule has 102 valence electrons. The van der Waals surface area contributed by atoms with Crippen LogP contribution in [0.2, 0.25) is 10.0 Å². The number of halogens is 2. The van der Waals surface area contributed by atoms with E-state index in [-0.39, 0.29) is 36.0 Å². The molecule has 2 atom stereocenters. The lowest BCUT2D eigenvalue weighted by atomic mass is 9.74. The quantitative estimate of drug-likeness (QED) is 0.851. The van der Waals surface area contributed by atoms with Crippen molar-refractivity contribution in [2.24, 2.45) is 11.8 Å². The zero-order valence-corrected chi connectivity index (χ0v) is 12.3. The fraction of sp³-hybridized carbons (Fsp3) is 0.429. The lowest BCUT2D eigenvalue weighted by molar-refractivity contribution is -0.138. The van der Waals surface area contributed by atoms with Gasteiger partial charge in [0.25, 0.3) is 0 Å². The van der Waals surface area contributed by atoms with Crippen molar-refractivity contribution in [3.8, 4) is 0 Å². The van der Waals surface area contributed by atoms with E-state index >= 15 is 0 Å². The second-order valence-corrected chi connectivity index (χ2v) is 5.94. The molecular weight excluding hydrogens is 285 g/mol. The van der Waals surface area contributed by atoms with Gasteiger partial charge in [-0.25, -0.2) is 0 Å². The molecule has 0 bridgehead atoms. The average molecular weight is 300 g/mol. The Kier molecular flexibility index (Phi) is 4.16. The topological polar surface area (TPSA) is 46.2 Å². The summed E-state index contributed by atoms with van der Waals surface area (Å²) in [6.07, 6.45) is 0.234. The molecule has 1 fully saturated rings.